The zero-order valence-corrected chi connectivity index (χ0v) is 10.0. The fourth-order valence-corrected chi connectivity index (χ4v) is 2.18. The van der Waals surface area contributed by atoms with Crippen molar-refractivity contribution >= 4 is 0 Å². The van der Waals surface area contributed by atoms with Crippen LogP contribution in [-0.4, -0.2) is 48.0 Å². The molecule has 2 atom stereocenters. The molecule has 0 spiro atoms. The van der Waals surface area contributed by atoms with E-state index in [9.17, 15) is 10.2 Å². The summed E-state index contributed by atoms with van der Waals surface area (Å²) in [4.78, 5) is 2.08. The van der Waals surface area contributed by atoms with E-state index in [-0.39, 0.29) is 6.10 Å². The van der Waals surface area contributed by atoms with Gasteiger partial charge in [0.25, 0.3) is 0 Å². The van der Waals surface area contributed by atoms with Crippen molar-refractivity contribution in [3.63, 3.8) is 0 Å². The van der Waals surface area contributed by atoms with E-state index in [0.717, 1.165) is 24.3 Å². The minimum atomic E-state index is -0.532. The zero-order chi connectivity index (χ0) is 12.3. The molecule has 0 amide bonds. The van der Waals surface area contributed by atoms with Gasteiger partial charge in [0.05, 0.1) is 19.3 Å². The molecule has 0 radical (unpaired) electrons. The Morgan fingerprint density at radius 2 is 2.35 bits per heavy atom. The number of hydrogen-bond donors (Lipinski definition) is 2. The molecule has 1 fully saturated rings. The van der Waals surface area contributed by atoms with Crippen LogP contribution >= 0.6 is 0 Å². The number of ether oxygens (including phenoxy) is 1. The summed E-state index contributed by atoms with van der Waals surface area (Å²) >= 11 is 0. The van der Waals surface area contributed by atoms with Crippen molar-refractivity contribution in [2.24, 2.45) is 0 Å². The summed E-state index contributed by atoms with van der Waals surface area (Å²) in [7, 11) is 1.61. The highest BCUT2D eigenvalue weighted by Crippen LogP contribution is 2.21. The first-order valence-electron chi connectivity index (χ1n) is 5.91. The molecule has 2 N–H and O–H groups in total. The van der Waals surface area contributed by atoms with E-state index >= 15 is 0 Å². The van der Waals surface area contributed by atoms with Crippen LogP contribution in [0.5, 0.6) is 5.75 Å². The molecule has 0 saturated carbocycles. The largest absolute Gasteiger partial charge is 0.497 e. The van der Waals surface area contributed by atoms with E-state index in [1.807, 2.05) is 24.3 Å². The SMILES string of the molecule is COc1cccc(C(O)CN2CC[C@H](O)C2)c1. The maximum absolute atomic E-state index is 10.1. The summed E-state index contributed by atoms with van der Waals surface area (Å²) in [6, 6.07) is 7.46. The van der Waals surface area contributed by atoms with E-state index < -0.39 is 6.10 Å². The molecular formula is C13H19NO3. The number of rotatable bonds is 4. The van der Waals surface area contributed by atoms with Crippen LogP contribution in [0, 0.1) is 0 Å². The summed E-state index contributed by atoms with van der Waals surface area (Å²) in [5.41, 5.74) is 0.853. The zero-order valence-electron chi connectivity index (χ0n) is 10.0. The smallest absolute Gasteiger partial charge is 0.119 e. The molecule has 0 aliphatic carbocycles. The van der Waals surface area contributed by atoms with Crippen LogP contribution in [0.4, 0.5) is 0 Å². The van der Waals surface area contributed by atoms with Gasteiger partial charge in [0.2, 0.25) is 0 Å². The molecule has 1 aliphatic rings. The second-order valence-corrected chi connectivity index (χ2v) is 4.49. The minimum Gasteiger partial charge on any atom is -0.497 e. The maximum atomic E-state index is 10.1. The third kappa shape index (κ3) is 3.19. The summed E-state index contributed by atoms with van der Waals surface area (Å²) in [5, 5.41) is 19.5. The quantitative estimate of drug-likeness (QED) is 0.813. The molecule has 2 rings (SSSR count). The Morgan fingerprint density at radius 1 is 1.53 bits per heavy atom. The molecule has 0 aromatic heterocycles. The Hall–Kier alpha value is -1.10. The Balaban J connectivity index is 1.96. The van der Waals surface area contributed by atoms with Crippen LogP contribution in [-0.2, 0) is 0 Å². The monoisotopic (exact) mass is 237 g/mol. The van der Waals surface area contributed by atoms with Crippen LogP contribution in [0.1, 0.15) is 18.1 Å². The normalized spacial score (nSPS) is 22.6. The second kappa shape index (κ2) is 5.49. The summed E-state index contributed by atoms with van der Waals surface area (Å²) in [6.45, 7) is 2.06. The third-order valence-electron chi connectivity index (χ3n) is 3.16. The average molecular weight is 237 g/mol. The lowest BCUT2D eigenvalue weighted by molar-refractivity contribution is 0.113. The van der Waals surface area contributed by atoms with Crippen molar-refractivity contribution in [2.75, 3.05) is 26.7 Å². The van der Waals surface area contributed by atoms with Gasteiger partial charge < -0.3 is 14.9 Å². The van der Waals surface area contributed by atoms with Crippen molar-refractivity contribution in [3.8, 4) is 5.75 Å². The highest BCUT2D eigenvalue weighted by Gasteiger charge is 2.22. The molecule has 4 heteroatoms. The molecule has 0 bridgehead atoms. The number of likely N-dealkylation sites (tertiary alicyclic amines) is 1. The van der Waals surface area contributed by atoms with Gasteiger partial charge >= 0.3 is 0 Å². The van der Waals surface area contributed by atoms with Gasteiger partial charge in [-0.1, -0.05) is 12.1 Å². The predicted molar refractivity (Wildman–Crippen MR) is 65.0 cm³/mol. The molecule has 1 saturated heterocycles. The first kappa shape index (κ1) is 12.4. The molecule has 1 aromatic rings. The predicted octanol–water partition coefficient (Wildman–Crippen LogP) is 0.795. The van der Waals surface area contributed by atoms with E-state index in [0.29, 0.717) is 13.1 Å². The van der Waals surface area contributed by atoms with Crippen molar-refractivity contribution in [1.82, 2.24) is 4.90 Å². The Kier molecular flexibility index (Phi) is 3.99. The Bertz CT molecular complexity index is 369. The lowest BCUT2D eigenvalue weighted by Gasteiger charge is -2.20. The van der Waals surface area contributed by atoms with Gasteiger partial charge in [-0.05, 0) is 24.1 Å². The molecule has 4 nitrogen and oxygen atoms in total. The van der Waals surface area contributed by atoms with E-state index in [2.05, 4.69) is 4.90 Å². The van der Waals surface area contributed by atoms with Gasteiger partial charge in [-0.15, -0.1) is 0 Å². The van der Waals surface area contributed by atoms with Gasteiger partial charge in [-0.3, -0.25) is 4.90 Å². The number of β-amino-alcohol motifs (C(OH)–C–C–N with tert-alkyl or cyclic N) is 2. The van der Waals surface area contributed by atoms with E-state index in [4.69, 9.17) is 4.74 Å². The molecule has 1 aromatic carbocycles. The van der Waals surface area contributed by atoms with Crippen LogP contribution in [0.25, 0.3) is 0 Å². The molecular weight excluding hydrogens is 218 g/mol. The maximum Gasteiger partial charge on any atom is 0.119 e. The Morgan fingerprint density at radius 3 is 3.00 bits per heavy atom. The van der Waals surface area contributed by atoms with Gasteiger partial charge in [0.1, 0.15) is 5.75 Å². The lowest BCUT2D eigenvalue weighted by Crippen LogP contribution is -2.27. The van der Waals surface area contributed by atoms with E-state index in [1.54, 1.807) is 7.11 Å². The first-order chi connectivity index (χ1) is 8.19. The topological polar surface area (TPSA) is 52.9 Å². The Labute approximate surface area is 101 Å². The minimum absolute atomic E-state index is 0.243. The number of hydrogen-bond acceptors (Lipinski definition) is 4. The number of aliphatic hydroxyl groups is 2. The summed E-state index contributed by atoms with van der Waals surface area (Å²) in [5.74, 6) is 0.753. The number of methoxy groups -OCH3 is 1. The lowest BCUT2D eigenvalue weighted by atomic mass is 10.1. The number of benzene rings is 1. The molecule has 1 heterocycles. The fourth-order valence-electron chi connectivity index (χ4n) is 2.18. The fraction of sp³-hybridized carbons (Fsp3) is 0.538. The first-order valence-corrected chi connectivity index (χ1v) is 5.91. The molecule has 94 valence electrons. The van der Waals surface area contributed by atoms with Crippen LogP contribution in [0.3, 0.4) is 0 Å². The highest BCUT2D eigenvalue weighted by molar-refractivity contribution is 5.29. The van der Waals surface area contributed by atoms with Crippen LogP contribution < -0.4 is 4.74 Å². The molecule has 1 unspecified atom stereocenters. The summed E-state index contributed by atoms with van der Waals surface area (Å²) < 4.78 is 5.13. The van der Waals surface area contributed by atoms with E-state index in [1.165, 1.54) is 0 Å². The van der Waals surface area contributed by atoms with Gasteiger partial charge in [-0.2, -0.15) is 0 Å². The summed E-state index contributed by atoms with van der Waals surface area (Å²) in [6.07, 6.45) is 0.0214. The van der Waals surface area contributed by atoms with Crippen molar-refractivity contribution < 1.29 is 14.9 Å². The van der Waals surface area contributed by atoms with Crippen molar-refractivity contribution in [2.45, 2.75) is 18.6 Å². The third-order valence-corrected chi connectivity index (χ3v) is 3.16. The molecule has 17 heavy (non-hydrogen) atoms. The van der Waals surface area contributed by atoms with Crippen LogP contribution in [0.15, 0.2) is 24.3 Å². The van der Waals surface area contributed by atoms with Crippen molar-refractivity contribution in [3.05, 3.63) is 29.8 Å². The van der Waals surface area contributed by atoms with Crippen LogP contribution in [0.2, 0.25) is 0 Å². The van der Waals surface area contributed by atoms with Gasteiger partial charge in [0.15, 0.2) is 0 Å². The average Bonchev–Trinajstić information content (AvgIpc) is 2.75. The van der Waals surface area contributed by atoms with Crippen molar-refractivity contribution in [1.29, 1.82) is 0 Å². The number of aliphatic hydroxyl groups excluding tert-OH is 2. The van der Waals surface area contributed by atoms with Gasteiger partial charge in [0, 0.05) is 19.6 Å². The van der Waals surface area contributed by atoms with Gasteiger partial charge in [-0.25, -0.2) is 0 Å². The highest BCUT2D eigenvalue weighted by atomic mass is 16.5. The molecule has 1 aliphatic heterocycles. The standard InChI is InChI=1S/C13H19NO3/c1-17-12-4-2-3-10(7-12)13(16)9-14-6-5-11(15)8-14/h2-4,7,11,13,15-16H,5-6,8-9H2,1H3/t11-,13?/m0/s1. The number of nitrogens with zero attached hydrogens (tertiary/aromatic N) is 1. The second-order valence-electron chi connectivity index (χ2n) is 4.49.